The van der Waals surface area contributed by atoms with Gasteiger partial charge in [-0.3, -0.25) is 5.10 Å². The lowest BCUT2D eigenvalue weighted by Crippen LogP contribution is -2.45. The Kier molecular flexibility index (Phi) is 4.63. The van der Waals surface area contributed by atoms with Gasteiger partial charge in [0.15, 0.2) is 0 Å². The molecule has 108 valence electrons. The SMILES string of the molecule is CCN1CCC[C@H](NCc2cn[nH]c2C(C)(C)C)C1. The van der Waals surface area contributed by atoms with Gasteiger partial charge in [-0.1, -0.05) is 27.7 Å². The molecule has 2 rings (SSSR count). The van der Waals surface area contributed by atoms with Crippen LogP contribution in [0.2, 0.25) is 0 Å². The summed E-state index contributed by atoms with van der Waals surface area (Å²) in [5.41, 5.74) is 2.69. The lowest BCUT2D eigenvalue weighted by Gasteiger charge is -2.32. The van der Waals surface area contributed by atoms with Gasteiger partial charge in [0.2, 0.25) is 0 Å². The molecule has 0 aliphatic carbocycles. The molecule has 1 atom stereocenters. The van der Waals surface area contributed by atoms with Crippen molar-refractivity contribution < 1.29 is 0 Å². The zero-order valence-electron chi connectivity index (χ0n) is 12.8. The fraction of sp³-hybridized carbons (Fsp3) is 0.800. The highest BCUT2D eigenvalue weighted by molar-refractivity contribution is 5.23. The first-order valence-electron chi connectivity index (χ1n) is 7.49. The third-order valence-corrected chi connectivity index (χ3v) is 4.00. The van der Waals surface area contributed by atoms with E-state index in [0.29, 0.717) is 6.04 Å². The normalized spacial score (nSPS) is 21.8. The van der Waals surface area contributed by atoms with E-state index in [1.165, 1.54) is 37.2 Å². The first kappa shape index (κ1) is 14.5. The summed E-state index contributed by atoms with van der Waals surface area (Å²) >= 11 is 0. The topological polar surface area (TPSA) is 44.0 Å². The van der Waals surface area contributed by atoms with E-state index in [4.69, 9.17) is 0 Å². The Morgan fingerprint density at radius 3 is 2.95 bits per heavy atom. The smallest absolute Gasteiger partial charge is 0.0535 e. The monoisotopic (exact) mass is 264 g/mol. The number of hydrogen-bond donors (Lipinski definition) is 2. The summed E-state index contributed by atoms with van der Waals surface area (Å²) in [5.74, 6) is 0. The minimum Gasteiger partial charge on any atom is -0.309 e. The van der Waals surface area contributed by atoms with Crippen molar-refractivity contribution in [3.63, 3.8) is 0 Å². The van der Waals surface area contributed by atoms with Crippen LogP contribution in [-0.2, 0) is 12.0 Å². The van der Waals surface area contributed by atoms with Crippen LogP contribution in [0.25, 0.3) is 0 Å². The van der Waals surface area contributed by atoms with E-state index in [-0.39, 0.29) is 5.41 Å². The number of aromatic amines is 1. The van der Waals surface area contributed by atoms with E-state index >= 15 is 0 Å². The molecule has 19 heavy (non-hydrogen) atoms. The minimum atomic E-state index is 0.134. The number of aromatic nitrogens is 2. The standard InChI is InChI=1S/C15H28N4/c1-5-19-8-6-7-13(11-19)16-9-12-10-17-18-14(12)15(2,3)4/h10,13,16H,5-9,11H2,1-4H3,(H,17,18)/t13-/m0/s1. The Morgan fingerprint density at radius 2 is 2.26 bits per heavy atom. The van der Waals surface area contributed by atoms with Crippen LogP contribution in [-0.4, -0.2) is 40.8 Å². The Hall–Kier alpha value is -0.870. The largest absolute Gasteiger partial charge is 0.309 e. The van der Waals surface area contributed by atoms with Crippen LogP contribution in [0.5, 0.6) is 0 Å². The highest BCUT2D eigenvalue weighted by atomic mass is 15.2. The molecule has 1 fully saturated rings. The first-order valence-corrected chi connectivity index (χ1v) is 7.49. The molecule has 4 nitrogen and oxygen atoms in total. The van der Waals surface area contributed by atoms with Crippen molar-refractivity contribution in [2.45, 2.75) is 58.5 Å². The van der Waals surface area contributed by atoms with Crippen molar-refractivity contribution in [3.8, 4) is 0 Å². The fourth-order valence-corrected chi connectivity index (χ4v) is 2.86. The molecule has 0 saturated carbocycles. The van der Waals surface area contributed by atoms with E-state index in [9.17, 15) is 0 Å². The van der Waals surface area contributed by atoms with E-state index in [1.807, 2.05) is 6.20 Å². The number of nitrogens with zero attached hydrogens (tertiary/aromatic N) is 2. The number of likely N-dealkylation sites (tertiary alicyclic amines) is 1. The maximum atomic E-state index is 4.21. The average Bonchev–Trinajstić information content (AvgIpc) is 2.85. The molecule has 1 aliphatic rings. The number of rotatable bonds is 4. The molecule has 1 aliphatic heterocycles. The van der Waals surface area contributed by atoms with Gasteiger partial charge in [-0.2, -0.15) is 5.10 Å². The van der Waals surface area contributed by atoms with Crippen molar-refractivity contribution in [2.24, 2.45) is 0 Å². The predicted molar refractivity (Wildman–Crippen MR) is 79.3 cm³/mol. The Morgan fingerprint density at radius 1 is 1.47 bits per heavy atom. The maximum absolute atomic E-state index is 4.21. The zero-order valence-corrected chi connectivity index (χ0v) is 12.8. The molecule has 1 aromatic heterocycles. The van der Waals surface area contributed by atoms with Gasteiger partial charge in [0.1, 0.15) is 0 Å². The molecule has 0 radical (unpaired) electrons. The van der Waals surface area contributed by atoms with Gasteiger partial charge >= 0.3 is 0 Å². The molecule has 0 aromatic carbocycles. The number of piperidine rings is 1. The van der Waals surface area contributed by atoms with Crippen LogP contribution in [0.1, 0.15) is 51.8 Å². The fourth-order valence-electron chi connectivity index (χ4n) is 2.86. The molecule has 2 N–H and O–H groups in total. The highest BCUT2D eigenvalue weighted by Crippen LogP contribution is 2.23. The van der Waals surface area contributed by atoms with Crippen LogP contribution >= 0.6 is 0 Å². The lowest BCUT2D eigenvalue weighted by molar-refractivity contribution is 0.198. The molecule has 0 bridgehead atoms. The first-order chi connectivity index (χ1) is 9.00. The van der Waals surface area contributed by atoms with Gasteiger partial charge in [0, 0.05) is 35.8 Å². The summed E-state index contributed by atoms with van der Waals surface area (Å²) in [7, 11) is 0. The van der Waals surface area contributed by atoms with Crippen molar-refractivity contribution in [1.82, 2.24) is 20.4 Å². The molecule has 4 heteroatoms. The number of likely N-dealkylation sites (N-methyl/N-ethyl adjacent to an activating group) is 1. The van der Waals surface area contributed by atoms with E-state index in [1.54, 1.807) is 0 Å². The van der Waals surface area contributed by atoms with Gasteiger partial charge in [-0.25, -0.2) is 0 Å². The third kappa shape index (κ3) is 3.80. The van der Waals surface area contributed by atoms with Gasteiger partial charge in [-0.15, -0.1) is 0 Å². The average molecular weight is 264 g/mol. The molecule has 0 amide bonds. The predicted octanol–water partition coefficient (Wildman–Crippen LogP) is 2.28. The van der Waals surface area contributed by atoms with Crippen molar-refractivity contribution in [2.75, 3.05) is 19.6 Å². The summed E-state index contributed by atoms with van der Waals surface area (Å²) in [6.45, 7) is 13.4. The summed E-state index contributed by atoms with van der Waals surface area (Å²) in [6, 6.07) is 0.622. The Balaban J connectivity index is 1.90. The molecule has 0 spiro atoms. The van der Waals surface area contributed by atoms with Gasteiger partial charge < -0.3 is 10.2 Å². The summed E-state index contributed by atoms with van der Waals surface area (Å²) in [4.78, 5) is 2.53. The van der Waals surface area contributed by atoms with E-state index in [0.717, 1.165) is 13.1 Å². The highest BCUT2D eigenvalue weighted by Gasteiger charge is 2.22. The molecule has 0 unspecified atom stereocenters. The Labute approximate surface area is 117 Å². The summed E-state index contributed by atoms with van der Waals surface area (Å²) < 4.78 is 0. The number of hydrogen-bond acceptors (Lipinski definition) is 3. The second-order valence-corrected chi connectivity index (χ2v) is 6.63. The summed E-state index contributed by atoms with van der Waals surface area (Å²) in [6.07, 6.45) is 4.57. The zero-order chi connectivity index (χ0) is 13.9. The number of nitrogens with one attached hydrogen (secondary N) is 2. The van der Waals surface area contributed by atoms with Crippen molar-refractivity contribution in [3.05, 3.63) is 17.5 Å². The van der Waals surface area contributed by atoms with Crippen molar-refractivity contribution >= 4 is 0 Å². The number of H-pyrrole nitrogens is 1. The maximum Gasteiger partial charge on any atom is 0.0535 e. The van der Waals surface area contributed by atoms with Crippen LogP contribution < -0.4 is 5.32 Å². The molecule has 2 heterocycles. The molecular weight excluding hydrogens is 236 g/mol. The molecular formula is C15H28N4. The Bertz CT molecular complexity index is 391. The third-order valence-electron chi connectivity index (χ3n) is 4.00. The van der Waals surface area contributed by atoms with Crippen LogP contribution in [0.15, 0.2) is 6.20 Å². The van der Waals surface area contributed by atoms with E-state index < -0.39 is 0 Å². The van der Waals surface area contributed by atoms with Crippen molar-refractivity contribution in [1.29, 1.82) is 0 Å². The van der Waals surface area contributed by atoms with Crippen LogP contribution in [0.3, 0.4) is 0 Å². The van der Waals surface area contributed by atoms with Gasteiger partial charge in [-0.05, 0) is 25.9 Å². The van der Waals surface area contributed by atoms with Gasteiger partial charge in [0.25, 0.3) is 0 Å². The minimum absolute atomic E-state index is 0.134. The lowest BCUT2D eigenvalue weighted by atomic mass is 9.89. The molecule has 1 saturated heterocycles. The van der Waals surface area contributed by atoms with Crippen LogP contribution in [0.4, 0.5) is 0 Å². The quantitative estimate of drug-likeness (QED) is 0.877. The molecule has 1 aromatic rings. The summed E-state index contributed by atoms with van der Waals surface area (Å²) in [5, 5.41) is 11.1. The van der Waals surface area contributed by atoms with E-state index in [2.05, 4.69) is 48.1 Å². The van der Waals surface area contributed by atoms with Crippen LogP contribution in [0, 0.1) is 0 Å². The van der Waals surface area contributed by atoms with Gasteiger partial charge in [0.05, 0.1) is 6.20 Å². The second kappa shape index (κ2) is 6.06. The second-order valence-electron chi connectivity index (χ2n) is 6.63.